The predicted octanol–water partition coefficient (Wildman–Crippen LogP) is 0.822. The third kappa shape index (κ3) is 5.40. The molecule has 1 aromatic heterocycles. The van der Waals surface area contributed by atoms with Crippen molar-refractivity contribution in [3.05, 3.63) is 22.2 Å². The molecule has 0 radical (unpaired) electrons. The lowest BCUT2D eigenvalue weighted by Crippen LogP contribution is -2.31. The Kier molecular flexibility index (Phi) is 7.14. The summed E-state index contributed by atoms with van der Waals surface area (Å²) in [4.78, 5) is 20.8. The maximum Gasteiger partial charge on any atom is 0.252 e. The first-order valence-electron chi connectivity index (χ1n) is 6.54. The molecule has 0 amide bonds. The Morgan fingerprint density at radius 2 is 2.00 bits per heavy atom. The van der Waals surface area contributed by atoms with Crippen LogP contribution in [0.5, 0.6) is 0 Å². The van der Waals surface area contributed by atoms with Crippen molar-refractivity contribution in [1.82, 2.24) is 9.97 Å². The molecule has 1 N–H and O–H groups in total. The molecule has 1 heterocycles. The number of aryl methyl sites for hydroxylation is 1. The van der Waals surface area contributed by atoms with E-state index in [0.717, 1.165) is 13.0 Å². The molecule has 0 bridgehead atoms. The summed E-state index contributed by atoms with van der Waals surface area (Å²) in [6.07, 6.45) is 1.59. The van der Waals surface area contributed by atoms with Gasteiger partial charge in [-0.1, -0.05) is 6.92 Å². The fourth-order valence-corrected chi connectivity index (χ4v) is 1.77. The first-order valence-corrected chi connectivity index (χ1v) is 6.54. The Labute approximate surface area is 113 Å². The van der Waals surface area contributed by atoms with Crippen molar-refractivity contribution in [3.63, 3.8) is 0 Å². The number of aromatic nitrogens is 2. The second kappa shape index (κ2) is 8.66. The monoisotopic (exact) mass is 269 g/mol. The highest BCUT2D eigenvalue weighted by molar-refractivity contribution is 5.37. The van der Waals surface area contributed by atoms with Crippen LogP contribution in [0.1, 0.15) is 19.2 Å². The van der Waals surface area contributed by atoms with Crippen molar-refractivity contribution in [2.45, 2.75) is 19.8 Å². The van der Waals surface area contributed by atoms with Crippen molar-refractivity contribution < 1.29 is 9.47 Å². The normalized spacial score (nSPS) is 10.7. The summed E-state index contributed by atoms with van der Waals surface area (Å²) in [5.41, 5.74) is -0.115. The van der Waals surface area contributed by atoms with Crippen molar-refractivity contribution >= 4 is 5.82 Å². The van der Waals surface area contributed by atoms with E-state index < -0.39 is 0 Å². The molecule has 1 aromatic rings. The molecule has 108 valence electrons. The topological polar surface area (TPSA) is 67.5 Å². The zero-order chi connectivity index (χ0) is 14.1. The lowest BCUT2D eigenvalue weighted by molar-refractivity contribution is 0.191. The van der Waals surface area contributed by atoms with Crippen molar-refractivity contribution in [2.75, 3.05) is 45.4 Å². The van der Waals surface area contributed by atoms with E-state index in [9.17, 15) is 4.79 Å². The summed E-state index contributed by atoms with van der Waals surface area (Å²) in [6.45, 7) is 4.75. The molecule has 0 aliphatic rings. The highest BCUT2D eigenvalue weighted by atomic mass is 16.5. The molecule has 0 aliphatic carbocycles. The minimum atomic E-state index is -0.115. The number of H-pyrrole nitrogens is 1. The van der Waals surface area contributed by atoms with Gasteiger partial charge in [0.2, 0.25) is 0 Å². The number of aromatic amines is 1. The summed E-state index contributed by atoms with van der Waals surface area (Å²) in [5, 5.41) is 0. The van der Waals surface area contributed by atoms with Gasteiger partial charge in [-0.3, -0.25) is 4.79 Å². The van der Waals surface area contributed by atoms with Crippen LogP contribution in [0.15, 0.2) is 10.9 Å². The number of methoxy groups -OCH3 is 2. The van der Waals surface area contributed by atoms with Crippen molar-refractivity contribution in [3.8, 4) is 0 Å². The molecule has 0 spiro atoms. The maximum absolute atomic E-state index is 11.6. The van der Waals surface area contributed by atoms with Crippen LogP contribution in [0.4, 0.5) is 5.82 Å². The van der Waals surface area contributed by atoms with E-state index in [4.69, 9.17) is 9.47 Å². The van der Waals surface area contributed by atoms with Crippen LogP contribution in [-0.4, -0.2) is 50.5 Å². The van der Waals surface area contributed by atoms with Gasteiger partial charge in [0.1, 0.15) is 11.6 Å². The highest BCUT2D eigenvalue weighted by Crippen LogP contribution is 2.09. The number of nitrogens with zero attached hydrogens (tertiary/aromatic N) is 2. The number of anilines is 1. The highest BCUT2D eigenvalue weighted by Gasteiger charge is 2.09. The van der Waals surface area contributed by atoms with Crippen LogP contribution in [0.25, 0.3) is 0 Å². The Bertz CT molecular complexity index is 420. The molecule has 6 nitrogen and oxygen atoms in total. The number of hydrogen-bond donors (Lipinski definition) is 1. The molecule has 6 heteroatoms. The van der Waals surface area contributed by atoms with Gasteiger partial charge in [-0.25, -0.2) is 4.98 Å². The lowest BCUT2D eigenvalue weighted by atomic mass is 10.3. The summed E-state index contributed by atoms with van der Waals surface area (Å²) < 4.78 is 10.2. The molecular formula is C13H23N3O3. The molecule has 0 fully saturated rings. The third-order valence-electron chi connectivity index (χ3n) is 2.78. The minimum Gasteiger partial charge on any atom is -0.385 e. The van der Waals surface area contributed by atoms with E-state index in [-0.39, 0.29) is 5.56 Å². The molecule has 0 aliphatic heterocycles. The molecule has 19 heavy (non-hydrogen) atoms. The Morgan fingerprint density at radius 3 is 2.63 bits per heavy atom. The van der Waals surface area contributed by atoms with Crippen LogP contribution in [0, 0.1) is 0 Å². The van der Waals surface area contributed by atoms with E-state index in [1.54, 1.807) is 14.2 Å². The molecule has 0 unspecified atom stereocenters. The number of rotatable bonds is 9. The van der Waals surface area contributed by atoms with Gasteiger partial charge in [0.25, 0.3) is 5.56 Å². The molecule has 0 aromatic carbocycles. The number of ether oxygens (including phenoxy) is 2. The summed E-state index contributed by atoms with van der Waals surface area (Å²) in [7, 11) is 3.34. The van der Waals surface area contributed by atoms with Gasteiger partial charge in [0, 0.05) is 46.4 Å². The SMILES string of the molecule is CCc1nc(N(CCCOC)CCOC)cc(=O)[nH]1. The van der Waals surface area contributed by atoms with E-state index in [2.05, 4.69) is 14.9 Å². The second-order valence-electron chi connectivity index (χ2n) is 4.23. The van der Waals surface area contributed by atoms with Gasteiger partial charge in [0.15, 0.2) is 0 Å². The quantitative estimate of drug-likeness (QED) is 0.672. The van der Waals surface area contributed by atoms with Gasteiger partial charge in [-0.15, -0.1) is 0 Å². The number of hydrogen-bond acceptors (Lipinski definition) is 5. The van der Waals surface area contributed by atoms with E-state index in [0.29, 0.717) is 37.8 Å². The fraction of sp³-hybridized carbons (Fsp3) is 0.692. The van der Waals surface area contributed by atoms with Crippen LogP contribution < -0.4 is 10.5 Å². The Morgan fingerprint density at radius 1 is 1.26 bits per heavy atom. The lowest BCUT2D eigenvalue weighted by Gasteiger charge is -2.23. The van der Waals surface area contributed by atoms with Crippen molar-refractivity contribution in [1.29, 1.82) is 0 Å². The largest absolute Gasteiger partial charge is 0.385 e. The zero-order valence-corrected chi connectivity index (χ0v) is 11.9. The first-order chi connectivity index (χ1) is 9.21. The van der Waals surface area contributed by atoms with Crippen LogP contribution in [0.3, 0.4) is 0 Å². The average Bonchev–Trinajstić information content (AvgIpc) is 2.42. The molecule has 0 saturated carbocycles. The van der Waals surface area contributed by atoms with Gasteiger partial charge in [-0.2, -0.15) is 0 Å². The molecule has 0 atom stereocenters. The minimum absolute atomic E-state index is 0.115. The van der Waals surface area contributed by atoms with Gasteiger partial charge in [0.05, 0.1) is 6.61 Å². The third-order valence-corrected chi connectivity index (χ3v) is 2.78. The average molecular weight is 269 g/mol. The smallest absolute Gasteiger partial charge is 0.252 e. The fourth-order valence-electron chi connectivity index (χ4n) is 1.77. The molecule has 0 saturated heterocycles. The van der Waals surface area contributed by atoms with Gasteiger partial charge >= 0.3 is 0 Å². The van der Waals surface area contributed by atoms with E-state index in [1.807, 2.05) is 6.92 Å². The summed E-state index contributed by atoms with van der Waals surface area (Å²) >= 11 is 0. The summed E-state index contributed by atoms with van der Waals surface area (Å²) in [5.74, 6) is 1.41. The van der Waals surface area contributed by atoms with Crippen LogP contribution in [-0.2, 0) is 15.9 Å². The Hall–Kier alpha value is -1.40. The maximum atomic E-state index is 11.6. The zero-order valence-electron chi connectivity index (χ0n) is 11.9. The van der Waals surface area contributed by atoms with E-state index in [1.165, 1.54) is 6.07 Å². The second-order valence-corrected chi connectivity index (χ2v) is 4.23. The van der Waals surface area contributed by atoms with Crippen molar-refractivity contribution in [2.24, 2.45) is 0 Å². The predicted molar refractivity (Wildman–Crippen MR) is 74.8 cm³/mol. The molecule has 1 rings (SSSR count). The number of nitrogens with one attached hydrogen (secondary N) is 1. The van der Waals surface area contributed by atoms with Crippen LogP contribution in [0.2, 0.25) is 0 Å². The Balaban J connectivity index is 2.82. The summed E-state index contributed by atoms with van der Waals surface area (Å²) in [6, 6.07) is 1.53. The first kappa shape index (κ1) is 15.7. The van der Waals surface area contributed by atoms with E-state index >= 15 is 0 Å². The van der Waals surface area contributed by atoms with Gasteiger partial charge < -0.3 is 19.4 Å². The standard InChI is InChI=1S/C13H23N3O3/c1-4-11-14-12(10-13(17)15-11)16(7-9-19-3)6-5-8-18-2/h10H,4-9H2,1-3H3,(H,14,15,17). The van der Waals surface area contributed by atoms with Gasteiger partial charge in [-0.05, 0) is 6.42 Å². The molecular weight excluding hydrogens is 246 g/mol. The van der Waals surface area contributed by atoms with Crippen LogP contribution >= 0.6 is 0 Å².